The van der Waals surface area contributed by atoms with Crippen LogP contribution >= 0.6 is 15.9 Å². The second-order valence-electron chi connectivity index (χ2n) is 4.24. The topological polar surface area (TPSA) is 56.1 Å². The van der Waals surface area contributed by atoms with Gasteiger partial charge in [-0.2, -0.15) is 5.26 Å². The molecule has 5 heteroatoms. The van der Waals surface area contributed by atoms with E-state index in [1.807, 2.05) is 12.1 Å². The molecule has 0 saturated carbocycles. The summed E-state index contributed by atoms with van der Waals surface area (Å²) >= 11 is 3.38. The summed E-state index contributed by atoms with van der Waals surface area (Å²) in [5, 5.41) is 11.6. The Morgan fingerprint density at radius 1 is 1.61 bits per heavy atom. The number of halogens is 1. The minimum Gasteiger partial charge on any atom is -0.359 e. The molecule has 1 unspecified atom stereocenters. The SMILES string of the molecule is CNC(=O)C1CCCN1c1ccc(C#N)c(Br)c1. The van der Waals surface area contributed by atoms with Crippen LogP contribution in [-0.4, -0.2) is 25.5 Å². The van der Waals surface area contributed by atoms with Gasteiger partial charge in [-0.25, -0.2) is 0 Å². The fourth-order valence-corrected chi connectivity index (χ4v) is 2.74. The van der Waals surface area contributed by atoms with E-state index in [1.165, 1.54) is 0 Å². The van der Waals surface area contributed by atoms with Gasteiger partial charge >= 0.3 is 0 Å². The van der Waals surface area contributed by atoms with Crippen LogP contribution in [0, 0.1) is 11.3 Å². The number of carbonyl (C=O) groups excluding carboxylic acids is 1. The van der Waals surface area contributed by atoms with Crippen molar-refractivity contribution in [1.82, 2.24) is 5.32 Å². The molecule has 1 fully saturated rings. The highest BCUT2D eigenvalue weighted by molar-refractivity contribution is 9.10. The van der Waals surface area contributed by atoms with Crippen molar-refractivity contribution in [2.75, 3.05) is 18.5 Å². The Morgan fingerprint density at radius 2 is 2.39 bits per heavy atom. The number of hydrogen-bond acceptors (Lipinski definition) is 3. The maximum absolute atomic E-state index is 11.8. The molecule has 1 aromatic carbocycles. The summed E-state index contributed by atoms with van der Waals surface area (Å²) in [6, 6.07) is 7.58. The smallest absolute Gasteiger partial charge is 0.242 e. The summed E-state index contributed by atoms with van der Waals surface area (Å²) in [4.78, 5) is 13.9. The number of hydrogen-bond donors (Lipinski definition) is 1. The lowest BCUT2D eigenvalue weighted by atomic mass is 10.1. The minimum atomic E-state index is -0.102. The monoisotopic (exact) mass is 307 g/mol. The van der Waals surface area contributed by atoms with Crippen LogP contribution in [-0.2, 0) is 4.79 Å². The van der Waals surface area contributed by atoms with Gasteiger partial charge in [0.15, 0.2) is 0 Å². The van der Waals surface area contributed by atoms with Crippen molar-refractivity contribution < 1.29 is 4.79 Å². The summed E-state index contributed by atoms with van der Waals surface area (Å²) in [6.07, 6.45) is 1.88. The quantitative estimate of drug-likeness (QED) is 0.909. The highest BCUT2D eigenvalue weighted by Gasteiger charge is 2.30. The van der Waals surface area contributed by atoms with Crippen molar-refractivity contribution in [3.63, 3.8) is 0 Å². The van der Waals surface area contributed by atoms with E-state index in [4.69, 9.17) is 5.26 Å². The maximum atomic E-state index is 11.8. The highest BCUT2D eigenvalue weighted by Crippen LogP contribution is 2.29. The van der Waals surface area contributed by atoms with E-state index in [1.54, 1.807) is 13.1 Å². The van der Waals surface area contributed by atoms with Crippen LogP contribution in [0.1, 0.15) is 18.4 Å². The number of nitriles is 1. The molecule has 0 aromatic heterocycles. The van der Waals surface area contributed by atoms with Crippen molar-refractivity contribution in [2.45, 2.75) is 18.9 Å². The average Bonchev–Trinajstić information content (AvgIpc) is 2.86. The fourth-order valence-electron chi connectivity index (χ4n) is 2.29. The van der Waals surface area contributed by atoms with E-state index in [0.717, 1.165) is 29.5 Å². The highest BCUT2D eigenvalue weighted by atomic mass is 79.9. The molecule has 1 amide bonds. The second-order valence-corrected chi connectivity index (χ2v) is 5.10. The molecule has 18 heavy (non-hydrogen) atoms. The second kappa shape index (κ2) is 5.40. The number of likely N-dealkylation sites (N-methyl/N-ethyl adjacent to an activating group) is 1. The van der Waals surface area contributed by atoms with Gasteiger partial charge in [0.25, 0.3) is 0 Å². The van der Waals surface area contributed by atoms with E-state index >= 15 is 0 Å². The molecule has 4 nitrogen and oxygen atoms in total. The van der Waals surface area contributed by atoms with Gasteiger partial charge in [-0.15, -0.1) is 0 Å². The summed E-state index contributed by atoms with van der Waals surface area (Å²) in [6.45, 7) is 0.871. The number of nitrogens with zero attached hydrogens (tertiary/aromatic N) is 2. The number of nitrogens with one attached hydrogen (secondary N) is 1. The lowest BCUT2D eigenvalue weighted by Crippen LogP contribution is -2.42. The third kappa shape index (κ3) is 2.34. The summed E-state index contributed by atoms with van der Waals surface area (Å²) in [5.41, 5.74) is 1.58. The van der Waals surface area contributed by atoms with Crippen LogP contribution in [0.2, 0.25) is 0 Å². The van der Waals surface area contributed by atoms with Crippen LogP contribution in [0.3, 0.4) is 0 Å². The molecular weight excluding hydrogens is 294 g/mol. The Labute approximate surface area is 115 Å². The van der Waals surface area contributed by atoms with Crippen LogP contribution in [0.4, 0.5) is 5.69 Å². The molecule has 1 aliphatic rings. The largest absolute Gasteiger partial charge is 0.359 e. The number of anilines is 1. The molecule has 1 aliphatic heterocycles. The van der Waals surface area contributed by atoms with Gasteiger partial charge in [0.05, 0.1) is 5.56 Å². The number of carbonyl (C=O) groups is 1. The third-order valence-corrected chi connectivity index (χ3v) is 3.86. The molecule has 1 aromatic rings. The predicted molar refractivity (Wildman–Crippen MR) is 73.3 cm³/mol. The first-order chi connectivity index (χ1) is 8.67. The maximum Gasteiger partial charge on any atom is 0.242 e. The Balaban J connectivity index is 2.28. The zero-order valence-corrected chi connectivity index (χ0v) is 11.7. The molecule has 1 atom stereocenters. The minimum absolute atomic E-state index is 0.0491. The van der Waals surface area contributed by atoms with Crippen LogP contribution in [0.25, 0.3) is 0 Å². The molecule has 1 N–H and O–H groups in total. The van der Waals surface area contributed by atoms with E-state index in [9.17, 15) is 4.79 Å². The number of benzene rings is 1. The summed E-state index contributed by atoms with van der Waals surface area (Å²) in [7, 11) is 1.66. The molecular formula is C13H14BrN3O. The van der Waals surface area contributed by atoms with Crippen LogP contribution in [0.5, 0.6) is 0 Å². The van der Waals surface area contributed by atoms with E-state index in [0.29, 0.717) is 5.56 Å². The van der Waals surface area contributed by atoms with Gasteiger partial charge in [-0.1, -0.05) is 0 Å². The Hall–Kier alpha value is -1.54. The van der Waals surface area contributed by atoms with Crippen molar-refractivity contribution in [3.05, 3.63) is 28.2 Å². The molecule has 94 valence electrons. The first-order valence-corrected chi connectivity index (χ1v) is 6.64. The lowest BCUT2D eigenvalue weighted by Gasteiger charge is -2.25. The average molecular weight is 308 g/mol. The molecule has 1 saturated heterocycles. The first kappa shape index (κ1) is 12.9. The molecule has 0 radical (unpaired) electrons. The van der Waals surface area contributed by atoms with Crippen molar-refractivity contribution in [1.29, 1.82) is 5.26 Å². The van der Waals surface area contributed by atoms with Crippen molar-refractivity contribution >= 4 is 27.5 Å². The first-order valence-electron chi connectivity index (χ1n) is 5.85. The fraction of sp³-hybridized carbons (Fsp3) is 0.385. The van der Waals surface area contributed by atoms with Crippen molar-refractivity contribution in [2.24, 2.45) is 0 Å². The standard InChI is InChI=1S/C13H14BrN3O/c1-16-13(18)12-3-2-6-17(12)10-5-4-9(8-15)11(14)7-10/h4-5,7,12H,2-3,6H2,1H3,(H,16,18). The van der Waals surface area contributed by atoms with Gasteiger partial charge in [-0.05, 0) is 47.0 Å². The normalized spacial score (nSPS) is 18.5. The molecule has 0 bridgehead atoms. The molecule has 2 rings (SSSR count). The van der Waals surface area contributed by atoms with Gasteiger partial charge in [0, 0.05) is 23.8 Å². The van der Waals surface area contributed by atoms with Gasteiger partial charge in [-0.3, -0.25) is 4.79 Å². The number of amides is 1. The van der Waals surface area contributed by atoms with E-state index in [-0.39, 0.29) is 11.9 Å². The summed E-state index contributed by atoms with van der Waals surface area (Å²) < 4.78 is 0.769. The van der Waals surface area contributed by atoms with Crippen LogP contribution in [0.15, 0.2) is 22.7 Å². The Morgan fingerprint density at radius 3 is 3.00 bits per heavy atom. The zero-order valence-electron chi connectivity index (χ0n) is 10.1. The zero-order chi connectivity index (χ0) is 13.1. The third-order valence-electron chi connectivity index (χ3n) is 3.21. The number of rotatable bonds is 2. The molecule has 0 spiro atoms. The van der Waals surface area contributed by atoms with E-state index in [2.05, 4.69) is 32.2 Å². The van der Waals surface area contributed by atoms with Gasteiger partial charge in [0.2, 0.25) is 5.91 Å². The van der Waals surface area contributed by atoms with Gasteiger partial charge < -0.3 is 10.2 Å². The Bertz CT molecular complexity index is 509. The lowest BCUT2D eigenvalue weighted by molar-refractivity contribution is -0.121. The van der Waals surface area contributed by atoms with E-state index < -0.39 is 0 Å². The van der Waals surface area contributed by atoms with Crippen molar-refractivity contribution in [3.8, 4) is 6.07 Å². The molecule has 1 heterocycles. The van der Waals surface area contributed by atoms with Gasteiger partial charge in [0.1, 0.15) is 12.1 Å². The van der Waals surface area contributed by atoms with Crippen LogP contribution < -0.4 is 10.2 Å². The Kier molecular flexibility index (Phi) is 3.87. The molecule has 0 aliphatic carbocycles. The summed E-state index contributed by atoms with van der Waals surface area (Å²) in [5.74, 6) is 0.0491. The predicted octanol–water partition coefficient (Wildman–Crippen LogP) is 2.04.